The number of ether oxygens (including phenoxy) is 2. The number of sulfonamides is 2. The number of carbonyl (C=O) groups excluding carboxylic acids is 2. The molecule has 2 aliphatic heterocycles. The average Bonchev–Trinajstić information content (AvgIpc) is 3.32. The van der Waals surface area contributed by atoms with E-state index in [-0.39, 0.29) is 69.6 Å². The van der Waals surface area contributed by atoms with E-state index in [1.54, 1.807) is 18.2 Å². The van der Waals surface area contributed by atoms with E-state index in [9.17, 15) is 9.59 Å². The molecule has 69 heavy (non-hydrogen) atoms. The molecule has 2 N–H and O–H groups in total. The van der Waals surface area contributed by atoms with Crippen LogP contribution in [0.2, 0.25) is 0 Å². The highest BCUT2D eigenvalue weighted by Gasteiger charge is 2.42. The maximum atomic E-state index is 17.4. The third kappa shape index (κ3) is 10.3. The monoisotopic (exact) mass is 999 g/mol. The summed E-state index contributed by atoms with van der Waals surface area (Å²) in [4.78, 5) is 27.6. The van der Waals surface area contributed by atoms with Gasteiger partial charge in [0.05, 0.1) is 5.56 Å². The van der Waals surface area contributed by atoms with Gasteiger partial charge in [-0.25, -0.2) is 48.6 Å². The predicted octanol–water partition coefficient (Wildman–Crippen LogP) is 9.37. The average molecular weight is 1000 g/mol. The van der Waals surface area contributed by atoms with Crippen molar-refractivity contribution < 1.29 is 53.5 Å². The van der Waals surface area contributed by atoms with Crippen LogP contribution < -0.4 is 24.6 Å². The normalized spacial score (nSPS) is 18.0. The summed E-state index contributed by atoms with van der Waals surface area (Å²) in [5.41, 5.74) is -1.20. The van der Waals surface area contributed by atoms with Crippen molar-refractivity contribution in [1.29, 1.82) is 0 Å². The number of unbranched alkanes of at least 4 members (excludes halogenated alkanes) is 2. The van der Waals surface area contributed by atoms with Gasteiger partial charge in [-0.05, 0) is 111 Å². The minimum Gasteiger partial charge on any atom is -0.459 e. The molecule has 7 rings (SSSR count). The van der Waals surface area contributed by atoms with Crippen LogP contribution in [0.1, 0.15) is 176 Å². The number of hydrogen-bond acceptors (Lipinski definition) is 8. The molecule has 1 saturated heterocycles. The first kappa shape index (κ1) is 52.2. The lowest BCUT2D eigenvalue weighted by Crippen LogP contribution is -2.42. The smallest absolute Gasteiger partial charge is 0.333 e. The lowest BCUT2D eigenvalue weighted by Gasteiger charge is -2.34. The summed E-state index contributed by atoms with van der Waals surface area (Å²) < 4.78 is 145. The number of nitrogens with one attached hydrogen (secondary N) is 2. The van der Waals surface area contributed by atoms with Gasteiger partial charge in [0.15, 0.2) is 34.8 Å². The molecule has 2 heterocycles. The minimum atomic E-state index is -4.60. The number of aryl methyl sites for hydroxylation is 1. The number of halogens is 4. The number of likely N-dealkylation sites (tertiary alicyclic amines) is 1. The van der Waals surface area contributed by atoms with Gasteiger partial charge in [-0.1, -0.05) is 73.0 Å². The second-order valence-electron chi connectivity index (χ2n) is 19.1. The standard InChI is InChI=1S/C52H65F4N3O8S2/c1-8-12-19-32(10-3)57-68(62,63)49-35-21-15-14-18-31(35)27-38-40(41-42(44(54)46(56)45(55)43(41)53)51(60)59-25-23-34(24-26-59)66-52(61)29(5)6)39-28-37-30(7)17-16-22-36(37)50(48(39)67-47(38)49)69(64,65)58-33(11-4)20-13-9-2/h21,27-28,30,32-34,57-58H,5,8-20,22-26H2,1-4,6-7H3. The highest BCUT2D eigenvalue weighted by Crippen LogP contribution is 2.49. The van der Waals surface area contributed by atoms with Gasteiger partial charge in [-0.3, -0.25) is 4.79 Å². The Kier molecular flexibility index (Phi) is 16.2. The van der Waals surface area contributed by atoms with Crippen molar-refractivity contribution in [3.05, 3.63) is 91.4 Å². The van der Waals surface area contributed by atoms with Crippen molar-refractivity contribution in [3.63, 3.8) is 0 Å². The first-order valence-electron chi connectivity index (χ1n) is 24.6. The number of rotatable bonds is 18. The van der Waals surface area contributed by atoms with Crippen LogP contribution in [0.25, 0.3) is 11.6 Å². The Labute approximate surface area is 403 Å². The zero-order valence-corrected chi connectivity index (χ0v) is 42.2. The molecule has 0 aromatic heterocycles. The summed E-state index contributed by atoms with van der Waals surface area (Å²) >= 11 is 0. The number of hydrogen-bond donors (Lipinski definition) is 2. The maximum Gasteiger partial charge on any atom is 0.333 e. The molecule has 17 heteroatoms. The third-order valence-electron chi connectivity index (χ3n) is 14.1. The van der Waals surface area contributed by atoms with Crippen molar-refractivity contribution >= 4 is 43.6 Å². The van der Waals surface area contributed by atoms with E-state index in [0.717, 1.165) is 17.7 Å². The van der Waals surface area contributed by atoms with Crippen LogP contribution in [0, 0.1) is 23.3 Å². The van der Waals surface area contributed by atoms with Gasteiger partial charge in [0.25, 0.3) is 5.91 Å². The lowest BCUT2D eigenvalue weighted by atomic mass is 9.79. The van der Waals surface area contributed by atoms with E-state index in [1.807, 2.05) is 34.6 Å². The van der Waals surface area contributed by atoms with E-state index < -0.39 is 102 Å². The molecule has 1 amide bonds. The molecule has 376 valence electrons. The second-order valence-corrected chi connectivity index (χ2v) is 22.4. The van der Waals surface area contributed by atoms with E-state index in [4.69, 9.17) is 9.47 Å². The molecule has 0 bridgehead atoms. The van der Waals surface area contributed by atoms with E-state index in [2.05, 4.69) is 16.0 Å². The van der Waals surface area contributed by atoms with Crippen LogP contribution in [-0.2, 0) is 42.4 Å². The predicted molar refractivity (Wildman–Crippen MR) is 257 cm³/mol. The van der Waals surface area contributed by atoms with E-state index in [1.165, 1.54) is 6.92 Å². The van der Waals surface area contributed by atoms with Gasteiger partial charge in [-0.2, -0.15) is 0 Å². The molecule has 0 saturated carbocycles. The molecule has 3 unspecified atom stereocenters. The summed E-state index contributed by atoms with van der Waals surface area (Å²) in [5, 5.41) is 0.111. The fourth-order valence-electron chi connectivity index (χ4n) is 10.3. The zero-order chi connectivity index (χ0) is 50.1. The summed E-state index contributed by atoms with van der Waals surface area (Å²) in [5.74, 6) is -11.4. The molecule has 1 fully saturated rings. The lowest BCUT2D eigenvalue weighted by molar-refractivity contribution is -0.146. The first-order valence-corrected chi connectivity index (χ1v) is 27.6. The summed E-state index contributed by atoms with van der Waals surface area (Å²) in [6, 6.07) is 2.09. The van der Waals surface area contributed by atoms with Crippen LogP contribution in [0.15, 0.2) is 34.1 Å². The van der Waals surface area contributed by atoms with Gasteiger partial charge >= 0.3 is 5.97 Å². The molecule has 3 aromatic carbocycles. The van der Waals surface area contributed by atoms with Gasteiger partial charge < -0.3 is 14.4 Å². The maximum absolute atomic E-state index is 17.4. The number of carbonyl (C=O) groups is 2. The van der Waals surface area contributed by atoms with Gasteiger partial charge in [-0.15, -0.1) is 0 Å². The van der Waals surface area contributed by atoms with Crippen molar-refractivity contribution in [2.24, 2.45) is 0 Å². The fraction of sp³-hybridized carbons (Fsp3) is 0.538. The number of nitrogens with zero attached hydrogens (tertiary/aromatic N) is 1. The Morgan fingerprint density at radius 1 is 0.826 bits per heavy atom. The SMILES string of the molecule is C=C(C)C(=O)OC1CCN(C(=O)c2c(F)c(F)c(F)c(F)c2C2=c3cc4c(c(S(=O)(=O)NC(CC)CCCC)c3Oc3c2cc2c(c3S(=O)(=O)NC(CC)CCCC)CCCC2C)=CCCC4)CC1. The molecule has 11 nitrogen and oxygen atoms in total. The Hall–Kier alpha value is -4.58. The highest BCUT2D eigenvalue weighted by atomic mass is 32.2. The Morgan fingerprint density at radius 3 is 2.03 bits per heavy atom. The Balaban J connectivity index is 1.61. The molecule has 3 atom stereocenters. The topological polar surface area (TPSA) is 148 Å². The summed E-state index contributed by atoms with van der Waals surface area (Å²) in [6.45, 7) is 14.3. The van der Waals surface area contributed by atoms with E-state index >= 15 is 34.4 Å². The molecule has 0 radical (unpaired) electrons. The largest absolute Gasteiger partial charge is 0.459 e. The third-order valence-corrected chi connectivity index (χ3v) is 17.3. The van der Waals surface area contributed by atoms with Gasteiger partial charge in [0.2, 0.25) is 20.0 Å². The molecule has 2 aliphatic carbocycles. The summed E-state index contributed by atoms with van der Waals surface area (Å²) in [7, 11) is -9.19. The molecule has 3 aromatic rings. The van der Waals surface area contributed by atoms with E-state index in [0.29, 0.717) is 87.3 Å². The van der Waals surface area contributed by atoms with Crippen molar-refractivity contribution in [1.82, 2.24) is 14.3 Å². The highest BCUT2D eigenvalue weighted by molar-refractivity contribution is 7.90. The van der Waals surface area contributed by atoms with Crippen molar-refractivity contribution in [3.8, 4) is 11.5 Å². The number of benzene rings is 3. The molecule has 0 spiro atoms. The van der Waals surface area contributed by atoms with Crippen LogP contribution in [0.4, 0.5) is 17.6 Å². The Bertz CT molecular complexity index is 2900. The first-order chi connectivity index (χ1) is 32.8. The zero-order valence-electron chi connectivity index (χ0n) is 40.5. The quantitative estimate of drug-likeness (QED) is 0.0330. The summed E-state index contributed by atoms with van der Waals surface area (Å²) in [6.07, 6.45) is 9.01. The fourth-order valence-corrected chi connectivity index (χ4v) is 13.8. The second kappa shape index (κ2) is 21.4. The molecular formula is C52H65F4N3O8S2. The van der Waals surface area contributed by atoms with Crippen molar-refractivity contribution in [2.45, 2.75) is 178 Å². The Morgan fingerprint density at radius 2 is 1.43 bits per heavy atom. The number of fused-ring (bicyclic) bond motifs is 4. The van der Waals surface area contributed by atoms with Crippen LogP contribution >= 0.6 is 0 Å². The molecular weight excluding hydrogens is 935 g/mol. The minimum absolute atomic E-state index is 0.0765. The number of piperidine rings is 1. The van der Waals surface area contributed by atoms with Crippen LogP contribution in [0.5, 0.6) is 11.5 Å². The number of amides is 1. The van der Waals surface area contributed by atoms with Crippen LogP contribution in [-0.4, -0.2) is 64.9 Å². The van der Waals surface area contributed by atoms with Crippen molar-refractivity contribution in [2.75, 3.05) is 13.1 Å². The number of esters is 1. The molecule has 4 aliphatic rings. The van der Waals surface area contributed by atoms with Gasteiger partial charge in [0.1, 0.15) is 15.9 Å². The van der Waals surface area contributed by atoms with Crippen LogP contribution in [0.3, 0.4) is 0 Å². The van der Waals surface area contributed by atoms with Gasteiger partial charge in [0, 0.05) is 65.5 Å².